The van der Waals surface area contributed by atoms with E-state index in [2.05, 4.69) is 0 Å². The summed E-state index contributed by atoms with van der Waals surface area (Å²) in [5.41, 5.74) is 0. The molecule has 0 radical (unpaired) electrons. The molecule has 0 heterocycles. The lowest BCUT2D eigenvalue weighted by Gasteiger charge is -2.17. The van der Waals surface area contributed by atoms with E-state index >= 15 is 0 Å². The smallest absolute Gasteiger partial charge is 0.300 e. The van der Waals surface area contributed by atoms with E-state index in [0.29, 0.717) is 12.8 Å². The minimum absolute atomic E-state index is 0.528. The van der Waals surface area contributed by atoms with Gasteiger partial charge in [-0.25, -0.2) is 0 Å². The van der Waals surface area contributed by atoms with Crippen LogP contribution in [0.3, 0.4) is 0 Å². The van der Waals surface area contributed by atoms with Gasteiger partial charge in [-0.15, -0.1) is 0 Å². The standard InChI is InChI=1S/C6H10O2.2C2H4O2/c7-5-3-1-2-4-6(5)8;2*1-2(3)4/h1-2,5-8H,3-4H2;2*1H3,(H,3,4)/t5-,6+;;. The van der Waals surface area contributed by atoms with Crippen molar-refractivity contribution in [1.82, 2.24) is 0 Å². The molecule has 6 heteroatoms. The van der Waals surface area contributed by atoms with Gasteiger partial charge in [-0.05, 0) is 12.8 Å². The van der Waals surface area contributed by atoms with E-state index in [0.717, 1.165) is 13.8 Å². The monoisotopic (exact) mass is 234 g/mol. The van der Waals surface area contributed by atoms with Crippen molar-refractivity contribution in [3.8, 4) is 0 Å². The van der Waals surface area contributed by atoms with Crippen LogP contribution in [0, 0.1) is 0 Å². The largest absolute Gasteiger partial charge is 0.481 e. The molecular weight excluding hydrogens is 216 g/mol. The molecule has 0 aromatic rings. The third-order valence-electron chi connectivity index (χ3n) is 1.37. The third-order valence-corrected chi connectivity index (χ3v) is 1.37. The molecule has 0 aromatic heterocycles. The van der Waals surface area contributed by atoms with E-state index in [1.807, 2.05) is 12.2 Å². The van der Waals surface area contributed by atoms with Gasteiger partial charge < -0.3 is 20.4 Å². The molecular formula is C10H18O6. The molecule has 0 unspecified atom stereocenters. The Kier molecular flexibility index (Phi) is 10.8. The van der Waals surface area contributed by atoms with Crippen LogP contribution in [0.5, 0.6) is 0 Å². The number of aliphatic hydroxyl groups is 2. The van der Waals surface area contributed by atoms with Gasteiger partial charge in [-0.3, -0.25) is 9.59 Å². The van der Waals surface area contributed by atoms with E-state index in [4.69, 9.17) is 30.0 Å². The van der Waals surface area contributed by atoms with Gasteiger partial charge in [0.1, 0.15) is 0 Å². The number of aliphatic carboxylic acids is 2. The maximum Gasteiger partial charge on any atom is 0.300 e. The van der Waals surface area contributed by atoms with Gasteiger partial charge in [-0.2, -0.15) is 0 Å². The van der Waals surface area contributed by atoms with Crippen molar-refractivity contribution in [3.05, 3.63) is 12.2 Å². The molecule has 0 saturated carbocycles. The Bertz CT molecular complexity index is 203. The summed E-state index contributed by atoms with van der Waals surface area (Å²) in [5.74, 6) is -1.67. The van der Waals surface area contributed by atoms with Gasteiger partial charge in [0.05, 0.1) is 12.2 Å². The average Bonchev–Trinajstić information content (AvgIpc) is 2.08. The van der Waals surface area contributed by atoms with Crippen molar-refractivity contribution in [2.75, 3.05) is 0 Å². The lowest BCUT2D eigenvalue weighted by Crippen LogP contribution is -2.26. The number of rotatable bonds is 0. The van der Waals surface area contributed by atoms with E-state index in [1.54, 1.807) is 0 Å². The summed E-state index contributed by atoms with van der Waals surface area (Å²) >= 11 is 0. The van der Waals surface area contributed by atoms with Crippen LogP contribution in [0.1, 0.15) is 26.7 Å². The molecule has 94 valence electrons. The quantitative estimate of drug-likeness (QED) is 0.446. The van der Waals surface area contributed by atoms with Crippen molar-refractivity contribution >= 4 is 11.9 Å². The summed E-state index contributed by atoms with van der Waals surface area (Å²) in [5, 5.41) is 32.6. The van der Waals surface area contributed by atoms with E-state index < -0.39 is 24.1 Å². The zero-order valence-corrected chi connectivity index (χ0v) is 9.33. The first-order chi connectivity index (χ1) is 7.27. The molecule has 0 aromatic carbocycles. The Balaban J connectivity index is 0. The highest BCUT2D eigenvalue weighted by molar-refractivity contribution is 5.63. The minimum atomic E-state index is -0.833. The van der Waals surface area contributed by atoms with Gasteiger partial charge in [0.25, 0.3) is 11.9 Å². The Morgan fingerprint density at radius 1 is 0.938 bits per heavy atom. The molecule has 4 N–H and O–H groups in total. The second-order valence-corrected chi connectivity index (χ2v) is 3.12. The molecule has 1 rings (SSSR count). The van der Waals surface area contributed by atoms with Crippen LogP contribution < -0.4 is 0 Å². The lowest BCUT2D eigenvalue weighted by molar-refractivity contribution is -0.135. The molecule has 0 saturated heterocycles. The van der Waals surface area contributed by atoms with Crippen molar-refractivity contribution in [1.29, 1.82) is 0 Å². The van der Waals surface area contributed by atoms with Crippen molar-refractivity contribution in [2.45, 2.75) is 38.9 Å². The van der Waals surface area contributed by atoms with Gasteiger partial charge in [0, 0.05) is 13.8 Å². The third kappa shape index (κ3) is 18.4. The van der Waals surface area contributed by atoms with Crippen LogP contribution in [-0.4, -0.2) is 44.6 Å². The number of aliphatic hydroxyl groups excluding tert-OH is 2. The predicted molar refractivity (Wildman–Crippen MR) is 57.0 cm³/mol. The van der Waals surface area contributed by atoms with Crippen LogP contribution in [0.2, 0.25) is 0 Å². The SMILES string of the molecule is CC(=O)O.CC(=O)O.O[C@@H]1CC=CC[C@@H]1O. The minimum Gasteiger partial charge on any atom is -0.481 e. The van der Waals surface area contributed by atoms with E-state index in [1.165, 1.54) is 0 Å². The van der Waals surface area contributed by atoms with Crippen LogP contribution in [-0.2, 0) is 9.59 Å². The van der Waals surface area contributed by atoms with E-state index in [-0.39, 0.29) is 0 Å². The Hall–Kier alpha value is -1.40. The highest BCUT2D eigenvalue weighted by Gasteiger charge is 2.15. The first-order valence-corrected chi connectivity index (χ1v) is 4.67. The highest BCUT2D eigenvalue weighted by Crippen LogP contribution is 2.10. The summed E-state index contributed by atoms with van der Waals surface area (Å²) in [7, 11) is 0. The first kappa shape index (κ1) is 17.0. The maximum atomic E-state index is 9.00. The van der Waals surface area contributed by atoms with Crippen molar-refractivity contribution < 1.29 is 30.0 Å². The Labute approximate surface area is 93.8 Å². The maximum absolute atomic E-state index is 9.00. The molecule has 1 aliphatic carbocycles. The first-order valence-electron chi connectivity index (χ1n) is 4.67. The Morgan fingerprint density at radius 2 is 1.12 bits per heavy atom. The summed E-state index contributed by atoms with van der Waals surface area (Å²) in [6, 6.07) is 0. The average molecular weight is 234 g/mol. The lowest BCUT2D eigenvalue weighted by atomic mass is 10.0. The fourth-order valence-electron chi connectivity index (χ4n) is 0.785. The van der Waals surface area contributed by atoms with Crippen LogP contribution in [0.25, 0.3) is 0 Å². The van der Waals surface area contributed by atoms with Crippen LogP contribution in [0.15, 0.2) is 12.2 Å². The normalized spacial score (nSPS) is 22.0. The highest BCUT2D eigenvalue weighted by atomic mass is 16.4. The molecule has 0 fully saturated rings. The second kappa shape index (κ2) is 10.1. The number of carbonyl (C=O) groups is 2. The zero-order valence-electron chi connectivity index (χ0n) is 9.33. The second-order valence-electron chi connectivity index (χ2n) is 3.12. The molecule has 0 aliphatic heterocycles. The molecule has 2 atom stereocenters. The van der Waals surface area contributed by atoms with E-state index in [9.17, 15) is 0 Å². The molecule has 0 bridgehead atoms. The number of hydrogen-bond donors (Lipinski definition) is 4. The van der Waals surface area contributed by atoms with Crippen LogP contribution >= 0.6 is 0 Å². The van der Waals surface area contributed by atoms with Crippen molar-refractivity contribution in [3.63, 3.8) is 0 Å². The van der Waals surface area contributed by atoms with Crippen molar-refractivity contribution in [2.24, 2.45) is 0 Å². The summed E-state index contributed by atoms with van der Waals surface area (Å²) in [6.07, 6.45) is 3.91. The summed E-state index contributed by atoms with van der Waals surface area (Å²) in [6.45, 7) is 2.17. The molecule has 0 spiro atoms. The zero-order chi connectivity index (χ0) is 13.1. The number of hydrogen-bond acceptors (Lipinski definition) is 4. The topological polar surface area (TPSA) is 115 Å². The van der Waals surface area contributed by atoms with Crippen LogP contribution in [0.4, 0.5) is 0 Å². The van der Waals surface area contributed by atoms with Gasteiger partial charge in [-0.1, -0.05) is 12.2 Å². The fourth-order valence-corrected chi connectivity index (χ4v) is 0.785. The molecule has 1 aliphatic rings. The predicted octanol–water partition coefficient (Wildman–Crippen LogP) is 0.240. The number of carboxylic acids is 2. The van der Waals surface area contributed by atoms with Gasteiger partial charge in [0.2, 0.25) is 0 Å². The summed E-state index contributed by atoms with van der Waals surface area (Å²) < 4.78 is 0. The Morgan fingerprint density at radius 3 is 1.25 bits per heavy atom. The van der Waals surface area contributed by atoms with Gasteiger partial charge in [0.15, 0.2) is 0 Å². The summed E-state index contributed by atoms with van der Waals surface area (Å²) in [4.78, 5) is 18.0. The molecule has 6 nitrogen and oxygen atoms in total. The van der Waals surface area contributed by atoms with Gasteiger partial charge >= 0.3 is 0 Å². The molecule has 16 heavy (non-hydrogen) atoms. The fraction of sp³-hybridized carbons (Fsp3) is 0.600. The number of carboxylic acid groups (broad SMARTS) is 2. The molecule has 0 amide bonds.